The molecule has 0 saturated carbocycles. The minimum absolute atomic E-state index is 0.415. The van der Waals surface area contributed by atoms with Crippen molar-refractivity contribution in [2.75, 3.05) is 32.7 Å². The van der Waals surface area contributed by atoms with E-state index in [9.17, 15) is 8.42 Å². The van der Waals surface area contributed by atoms with Gasteiger partial charge in [-0.05, 0) is 23.4 Å². The van der Waals surface area contributed by atoms with E-state index in [1.54, 1.807) is 10.4 Å². The lowest BCUT2D eigenvalue weighted by atomic mass is 10.1. The molecule has 0 spiro atoms. The summed E-state index contributed by atoms with van der Waals surface area (Å²) >= 11 is 0. The van der Waals surface area contributed by atoms with Crippen molar-refractivity contribution in [1.82, 2.24) is 9.21 Å². The zero-order valence-electron chi connectivity index (χ0n) is 15.3. The lowest BCUT2D eigenvalue weighted by molar-refractivity contribution is 0.190. The summed E-state index contributed by atoms with van der Waals surface area (Å²) in [6.07, 6.45) is 0.997. The van der Waals surface area contributed by atoms with Crippen molar-refractivity contribution in [3.05, 3.63) is 78.4 Å². The Bertz CT molecular complexity index is 1010. The van der Waals surface area contributed by atoms with E-state index < -0.39 is 10.0 Å². The summed E-state index contributed by atoms with van der Waals surface area (Å²) in [5.41, 5.74) is 1.32. The largest absolute Gasteiger partial charge is 0.300 e. The number of hydrogen-bond donors (Lipinski definition) is 0. The number of rotatable bonds is 5. The van der Waals surface area contributed by atoms with Crippen LogP contribution in [0.2, 0.25) is 0 Å². The molecule has 0 unspecified atom stereocenters. The van der Waals surface area contributed by atoms with Gasteiger partial charge in [-0.1, -0.05) is 66.7 Å². The molecule has 1 fully saturated rings. The molecule has 0 atom stereocenters. The molecule has 1 saturated heterocycles. The van der Waals surface area contributed by atoms with Crippen LogP contribution in [0.5, 0.6) is 0 Å². The summed E-state index contributed by atoms with van der Waals surface area (Å²) < 4.78 is 28.0. The highest BCUT2D eigenvalue weighted by Gasteiger charge is 2.29. The zero-order valence-corrected chi connectivity index (χ0v) is 16.1. The molecule has 4 rings (SSSR count). The van der Waals surface area contributed by atoms with E-state index in [-0.39, 0.29) is 0 Å². The number of benzene rings is 3. The third-order valence-electron chi connectivity index (χ3n) is 5.26. The van der Waals surface area contributed by atoms with E-state index in [1.807, 2.05) is 42.5 Å². The molecule has 5 heteroatoms. The van der Waals surface area contributed by atoms with Crippen molar-refractivity contribution in [2.24, 2.45) is 0 Å². The fourth-order valence-corrected chi connectivity index (χ4v) is 5.32. The third-order valence-corrected chi connectivity index (χ3v) is 7.22. The van der Waals surface area contributed by atoms with Gasteiger partial charge in [0.2, 0.25) is 10.0 Å². The van der Waals surface area contributed by atoms with E-state index in [4.69, 9.17) is 0 Å². The van der Waals surface area contributed by atoms with Gasteiger partial charge < -0.3 is 4.90 Å². The maximum absolute atomic E-state index is 13.2. The molecule has 3 aromatic rings. The van der Waals surface area contributed by atoms with Crippen LogP contribution in [0.4, 0.5) is 0 Å². The molecule has 0 N–H and O–H groups in total. The maximum atomic E-state index is 13.2. The molecule has 0 aliphatic carbocycles. The van der Waals surface area contributed by atoms with Crippen LogP contribution in [-0.2, 0) is 16.4 Å². The molecule has 0 radical (unpaired) electrons. The van der Waals surface area contributed by atoms with Gasteiger partial charge in [0, 0.05) is 38.1 Å². The van der Waals surface area contributed by atoms with Gasteiger partial charge >= 0.3 is 0 Å². The molecular weight excluding hydrogens is 356 g/mol. The average molecular weight is 381 g/mol. The Morgan fingerprint density at radius 2 is 1.41 bits per heavy atom. The maximum Gasteiger partial charge on any atom is 0.243 e. The number of hydrogen-bond acceptors (Lipinski definition) is 3. The second-order valence-corrected chi connectivity index (χ2v) is 8.86. The van der Waals surface area contributed by atoms with Gasteiger partial charge in [0.05, 0.1) is 4.90 Å². The van der Waals surface area contributed by atoms with Crippen molar-refractivity contribution in [2.45, 2.75) is 11.3 Å². The Morgan fingerprint density at radius 1 is 0.741 bits per heavy atom. The lowest BCUT2D eigenvalue weighted by Gasteiger charge is -2.34. The Kier molecular flexibility index (Phi) is 5.25. The van der Waals surface area contributed by atoms with Crippen molar-refractivity contribution >= 4 is 20.8 Å². The molecular formula is C22H24N2O2S. The molecule has 140 valence electrons. The van der Waals surface area contributed by atoms with Gasteiger partial charge in [0.15, 0.2) is 0 Å². The molecule has 0 bridgehead atoms. The van der Waals surface area contributed by atoms with Crippen LogP contribution in [0.15, 0.2) is 77.7 Å². The van der Waals surface area contributed by atoms with Crippen molar-refractivity contribution < 1.29 is 8.42 Å². The van der Waals surface area contributed by atoms with E-state index in [0.717, 1.165) is 36.8 Å². The van der Waals surface area contributed by atoms with Crippen LogP contribution >= 0.6 is 0 Å². The van der Waals surface area contributed by atoms with Gasteiger partial charge in [-0.15, -0.1) is 0 Å². The predicted octanol–water partition coefficient (Wildman–Crippen LogP) is 3.39. The monoisotopic (exact) mass is 380 g/mol. The Labute approximate surface area is 161 Å². The first-order chi connectivity index (χ1) is 13.1. The lowest BCUT2D eigenvalue weighted by Crippen LogP contribution is -2.49. The van der Waals surface area contributed by atoms with E-state index in [0.29, 0.717) is 18.0 Å². The highest BCUT2D eigenvalue weighted by atomic mass is 32.2. The molecule has 3 aromatic carbocycles. The molecule has 4 nitrogen and oxygen atoms in total. The van der Waals surface area contributed by atoms with Crippen LogP contribution < -0.4 is 0 Å². The van der Waals surface area contributed by atoms with E-state index >= 15 is 0 Å². The van der Waals surface area contributed by atoms with Crippen molar-refractivity contribution in [3.8, 4) is 0 Å². The van der Waals surface area contributed by atoms with Gasteiger partial charge in [0.1, 0.15) is 0 Å². The average Bonchev–Trinajstić information content (AvgIpc) is 2.73. The Hall–Kier alpha value is -2.21. The zero-order chi connectivity index (χ0) is 18.7. The predicted molar refractivity (Wildman–Crippen MR) is 109 cm³/mol. The molecule has 0 aromatic heterocycles. The first-order valence-electron chi connectivity index (χ1n) is 9.39. The fraction of sp³-hybridized carbons (Fsp3) is 0.273. The minimum Gasteiger partial charge on any atom is -0.300 e. The van der Waals surface area contributed by atoms with Gasteiger partial charge in [0.25, 0.3) is 0 Å². The fourth-order valence-electron chi connectivity index (χ4n) is 3.69. The summed E-state index contributed by atoms with van der Waals surface area (Å²) in [4.78, 5) is 2.76. The summed E-state index contributed by atoms with van der Waals surface area (Å²) in [6.45, 7) is 3.60. The third kappa shape index (κ3) is 3.90. The summed E-state index contributed by atoms with van der Waals surface area (Å²) in [5, 5.41) is 1.76. The van der Waals surface area contributed by atoms with Gasteiger partial charge in [-0.25, -0.2) is 8.42 Å². The highest BCUT2D eigenvalue weighted by molar-refractivity contribution is 7.89. The minimum atomic E-state index is -3.47. The summed E-state index contributed by atoms with van der Waals surface area (Å²) in [6, 6.07) is 23.6. The first-order valence-corrected chi connectivity index (χ1v) is 10.8. The van der Waals surface area contributed by atoms with Crippen molar-refractivity contribution in [3.63, 3.8) is 0 Å². The van der Waals surface area contributed by atoms with Crippen LogP contribution in [-0.4, -0.2) is 50.3 Å². The normalized spacial score (nSPS) is 16.6. The number of fused-ring (bicyclic) bond motifs is 1. The van der Waals surface area contributed by atoms with E-state index in [1.165, 1.54) is 5.56 Å². The Balaban J connectivity index is 1.44. The summed E-state index contributed by atoms with van der Waals surface area (Å²) in [5.74, 6) is 0. The first kappa shape index (κ1) is 18.2. The molecule has 27 heavy (non-hydrogen) atoms. The molecule has 0 amide bonds. The molecule has 1 aliphatic rings. The second-order valence-electron chi connectivity index (χ2n) is 6.96. The highest BCUT2D eigenvalue weighted by Crippen LogP contribution is 2.26. The standard InChI is InChI=1S/C22H24N2O2S/c25-27(26,22-12-6-10-20-9-4-5-11-21(20)22)24-17-15-23(16-18-24)14-13-19-7-2-1-3-8-19/h1-12H,13-18H2. The second kappa shape index (κ2) is 7.80. The quantitative estimate of drug-likeness (QED) is 0.681. The Morgan fingerprint density at radius 3 is 2.19 bits per heavy atom. The van der Waals surface area contributed by atoms with Gasteiger partial charge in [-0.3, -0.25) is 0 Å². The topological polar surface area (TPSA) is 40.6 Å². The number of nitrogens with zero attached hydrogens (tertiary/aromatic N) is 2. The number of sulfonamides is 1. The smallest absolute Gasteiger partial charge is 0.243 e. The molecule has 1 heterocycles. The SMILES string of the molecule is O=S(=O)(c1cccc2ccccc12)N1CCN(CCc2ccccc2)CC1. The van der Waals surface area contributed by atoms with Crippen LogP contribution in [0.3, 0.4) is 0 Å². The summed E-state index contributed by atoms with van der Waals surface area (Å²) in [7, 11) is -3.47. The van der Waals surface area contributed by atoms with Crippen molar-refractivity contribution in [1.29, 1.82) is 0 Å². The van der Waals surface area contributed by atoms with Gasteiger partial charge in [-0.2, -0.15) is 4.31 Å². The van der Waals surface area contributed by atoms with Crippen LogP contribution in [0.25, 0.3) is 10.8 Å². The van der Waals surface area contributed by atoms with Crippen LogP contribution in [0.1, 0.15) is 5.56 Å². The van der Waals surface area contributed by atoms with Crippen LogP contribution in [0, 0.1) is 0 Å². The molecule has 1 aliphatic heterocycles. The van der Waals surface area contributed by atoms with E-state index in [2.05, 4.69) is 29.2 Å². The number of piperazine rings is 1.